The van der Waals surface area contributed by atoms with Crippen molar-refractivity contribution in [2.75, 3.05) is 7.11 Å². The molecule has 13 heavy (non-hydrogen) atoms. The molecule has 0 aromatic heterocycles. The van der Waals surface area contributed by atoms with Crippen LogP contribution in [0.1, 0.15) is 11.1 Å². The summed E-state index contributed by atoms with van der Waals surface area (Å²) in [6, 6.07) is 0. The molecular formula is C9H9F3O. The zero-order valence-corrected chi connectivity index (χ0v) is 7.54. The van der Waals surface area contributed by atoms with E-state index in [0.717, 1.165) is 6.92 Å². The Morgan fingerprint density at radius 1 is 0.846 bits per heavy atom. The molecule has 0 radical (unpaired) electrons. The van der Waals surface area contributed by atoms with Gasteiger partial charge in [0, 0.05) is 11.1 Å². The monoisotopic (exact) mass is 190 g/mol. The Kier molecular flexibility index (Phi) is 2.50. The Morgan fingerprint density at radius 2 is 1.31 bits per heavy atom. The lowest BCUT2D eigenvalue weighted by atomic mass is 10.1. The second-order valence-electron chi connectivity index (χ2n) is 2.73. The Labute approximate surface area is 74.1 Å². The van der Waals surface area contributed by atoms with E-state index in [1.165, 1.54) is 14.0 Å². The third kappa shape index (κ3) is 1.36. The molecule has 0 saturated heterocycles. The molecule has 0 amide bonds. The van der Waals surface area contributed by atoms with Crippen LogP contribution in [0.4, 0.5) is 13.2 Å². The first-order chi connectivity index (χ1) is 6.00. The summed E-state index contributed by atoms with van der Waals surface area (Å²) in [4.78, 5) is 0. The second kappa shape index (κ2) is 3.28. The number of methoxy groups -OCH3 is 1. The molecule has 0 saturated carbocycles. The van der Waals surface area contributed by atoms with Gasteiger partial charge in [0.2, 0.25) is 0 Å². The fourth-order valence-corrected chi connectivity index (χ4v) is 1.10. The zero-order valence-electron chi connectivity index (χ0n) is 7.54. The van der Waals surface area contributed by atoms with E-state index in [2.05, 4.69) is 4.74 Å². The van der Waals surface area contributed by atoms with E-state index < -0.39 is 17.5 Å². The standard InChI is InChI=1S/C9H9F3O/c1-4-6(10)7(11)5(2)9(13-3)8(4)12/h1-3H3. The lowest BCUT2D eigenvalue weighted by molar-refractivity contribution is 0.368. The maximum Gasteiger partial charge on any atom is 0.171 e. The Balaban J connectivity index is 3.56. The summed E-state index contributed by atoms with van der Waals surface area (Å²) in [7, 11) is 1.21. The van der Waals surface area contributed by atoms with Crippen molar-refractivity contribution < 1.29 is 17.9 Å². The highest BCUT2D eigenvalue weighted by molar-refractivity contribution is 5.40. The van der Waals surface area contributed by atoms with Gasteiger partial charge >= 0.3 is 0 Å². The van der Waals surface area contributed by atoms with Crippen molar-refractivity contribution in [3.05, 3.63) is 28.6 Å². The van der Waals surface area contributed by atoms with Crippen molar-refractivity contribution in [2.45, 2.75) is 13.8 Å². The van der Waals surface area contributed by atoms with E-state index in [-0.39, 0.29) is 16.9 Å². The summed E-state index contributed by atoms with van der Waals surface area (Å²) < 4.78 is 43.7. The first-order valence-corrected chi connectivity index (χ1v) is 3.68. The first kappa shape index (κ1) is 9.89. The number of halogens is 3. The van der Waals surface area contributed by atoms with Crippen molar-refractivity contribution in [2.24, 2.45) is 0 Å². The van der Waals surface area contributed by atoms with Crippen LogP contribution in [-0.4, -0.2) is 7.11 Å². The molecule has 4 heteroatoms. The molecule has 0 fully saturated rings. The summed E-state index contributed by atoms with van der Waals surface area (Å²) in [5.74, 6) is -3.30. The number of hydrogen-bond donors (Lipinski definition) is 0. The first-order valence-electron chi connectivity index (χ1n) is 3.68. The van der Waals surface area contributed by atoms with Gasteiger partial charge in [-0.3, -0.25) is 0 Å². The summed E-state index contributed by atoms with van der Waals surface area (Å²) in [6.45, 7) is 2.43. The number of hydrogen-bond acceptors (Lipinski definition) is 1. The van der Waals surface area contributed by atoms with Gasteiger partial charge in [-0.05, 0) is 13.8 Å². The number of benzene rings is 1. The van der Waals surface area contributed by atoms with Crippen molar-refractivity contribution in [1.82, 2.24) is 0 Å². The van der Waals surface area contributed by atoms with Crippen LogP contribution < -0.4 is 4.74 Å². The third-order valence-electron chi connectivity index (χ3n) is 1.92. The lowest BCUT2D eigenvalue weighted by Crippen LogP contribution is -2.02. The Hall–Kier alpha value is -1.19. The largest absolute Gasteiger partial charge is 0.493 e. The predicted octanol–water partition coefficient (Wildman–Crippen LogP) is 2.73. The number of ether oxygens (including phenoxy) is 1. The van der Waals surface area contributed by atoms with Gasteiger partial charge in [0.15, 0.2) is 23.2 Å². The highest BCUT2D eigenvalue weighted by Crippen LogP contribution is 2.29. The average Bonchev–Trinajstić information content (AvgIpc) is 2.13. The Morgan fingerprint density at radius 3 is 1.77 bits per heavy atom. The van der Waals surface area contributed by atoms with E-state index in [1.54, 1.807) is 0 Å². The molecule has 0 heterocycles. The minimum absolute atomic E-state index is 0.150. The average molecular weight is 190 g/mol. The maximum atomic E-state index is 13.2. The summed E-state index contributed by atoms with van der Waals surface area (Å²) in [5, 5.41) is 0. The molecule has 1 rings (SSSR count). The summed E-state index contributed by atoms with van der Waals surface area (Å²) in [5.41, 5.74) is -0.511. The second-order valence-corrected chi connectivity index (χ2v) is 2.73. The van der Waals surface area contributed by atoms with E-state index >= 15 is 0 Å². The van der Waals surface area contributed by atoms with Gasteiger partial charge in [-0.15, -0.1) is 0 Å². The zero-order chi connectivity index (χ0) is 10.2. The fourth-order valence-electron chi connectivity index (χ4n) is 1.10. The van der Waals surface area contributed by atoms with Crippen LogP contribution in [0.3, 0.4) is 0 Å². The van der Waals surface area contributed by atoms with Gasteiger partial charge in [-0.2, -0.15) is 0 Å². The van der Waals surface area contributed by atoms with Gasteiger partial charge in [0.25, 0.3) is 0 Å². The molecule has 0 aliphatic carbocycles. The SMILES string of the molecule is COc1c(C)c(F)c(F)c(C)c1F. The van der Waals surface area contributed by atoms with Crippen molar-refractivity contribution in [3.63, 3.8) is 0 Å². The van der Waals surface area contributed by atoms with Crippen molar-refractivity contribution >= 4 is 0 Å². The van der Waals surface area contributed by atoms with Gasteiger partial charge in [0.1, 0.15) is 0 Å². The maximum absolute atomic E-state index is 13.2. The smallest absolute Gasteiger partial charge is 0.171 e. The Bertz CT molecular complexity index is 318. The summed E-state index contributed by atoms with van der Waals surface area (Å²) >= 11 is 0. The summed E-state index contributed by atoms with van der Waals surface area (Å²) in [6.07, 6.45) is 0. The van der Waals surface area contributed by atoms with Crippen molar-refractivity contribution in [3.8, 4) is 5.75 Å². The van der Waals surface area contributed by atoms with Crippen molar-refractivity contribution in [1.29, 1.82) is 0 Å². The molecule has 1 aromatic carbocycles. The van der Waals surface area contributed by atoms with E-state index in [0.29, 0.717) is 0 Å². The minimum Gasteiger partial charge on any atom is -0.493 e. The quantitative estimate of drug-likeness (QED) is 0.618. The molecule has 0 N–H and O–H groups in total. The van der Waals surface area contributed by atoms with Crippen LogP contribution in [-0.2, 0) is 0 Å². The highest BCUT2D eigenvalue weighted by Gasteiger charge is 2.20. The normalized spacial score (nSPS) is 10.3. The molecule has 72 valence electrons. The molecule has 1 aromatic rings. The molecule has 0 unspecified atom stereocenters. The van der Waals surface area contributed by atoms with Crippen LogP contribution >= 0.6 is 0 Å². The molecule has 0 aliphatic rings. The van der Waals surface area contributed by atoms with Crippen LogP contribution in [0.5, 0.6) is 5.75 Å². The molecule has 0 bridgehead atoms. The molecule has 1 nitrogen and oxygen atoms in total. The lowest BCUT2D eigenvalue weighted by Gasteiger charge is -2.10. The van der Waals surface area contributed by atoms with Gasteiger partial charge in [0.05, 0.1) is 7.11 Å². The topological polar surface area (TPSA) is 9.23 Å². The van der Waals surface area contributed by atoms with Crippen LogP contribution in [0, 0.1) is 31.3 Å². The molecule has 0 atom stereocenters. The molecular weight excluding hydrogens is 181 g/mol. The predicted molar refractivity (Wildman–Crippen MR) is 42.3 cm³/mol. The number of rotatable bonds is 1. The van der Waals surface area contributed by atoms with Gasteiger partial charge < -0.3 is 4.74 Å². The fraction of sp³-hybridized carbons (Fsp3) is 0.333. The molecule has 0 spiro atoms. The molecule has 0 aliphatic heterocycles. The van der Waals surface area contributed by atoms with E-state index in [4.69, 9.17) is 0 Å². The van der Waals surface area contributed by atoms with E-state index in [9.17, 15) is 13.2 Å². The van der Waals surface area contributed by atoms with Gasteiger partial charge in [-0.1, -0.05) is 0 Å². The van der Waals surface area contributed by atoms with Crippen LogP contribution in [0.15, 0.2) is 0 Å². The third-order valence-corrected chi connectivity index (χ3v) is 1.92. The minimum atomic E-state index is -1.16. The van der Waals surface area contributed by atoms with Gasteiger partial charge in [-0.25, -0.2) is 13.2 Å². The highest BCUT2D eigenvalue weighted by atomic mass is 19.2. The van der Waals surface area contributed by atoms with Crippen LogP contribution in [0.2, 0.25) is 0 Å². The van der Waals surface area contributed by atoms with E-state index in [1.807, 2.05) is 0 Å². The van der Waals surface area contributed by atoms with Crippen LogP contribution in [0.25, 0.3) is 0 Å².